The Hall–Kier alpha value is -1.26. The monoisotopic (exact) mass is 270 g/mol. The summed E-state index contributed by atoms with van der Waals surface area (Å²) in [6.07, 6.45) is 0.736. The van der Waals surface area contributed by atoms with Gasteiger partial charge in [-0.2, -0.15) is 0 Å². The van der Waals surface area contributed by atoms with Crippen molar-refractivity contribution in [3.05, 3.63) is 28.8 Å². The van der Waals surface area contributed by atoms with Crippen molar-refractivity contribution in [2.24, 2.45) is 5.73 Å². The van der Waals surface area contributed by atoms with E-state index in [-0.39, 0.29) is 17.7 Å². The smallest absolute Gasteiger partial charge is 0.255 e. The third kappa shape index (κ3) is 3.62. The molecule has 0 saturated carbocycles. The number of carbonyl (C=O) groups excluding carboxylic acids is 1. The maximum atomic E-state index is 12.4. The minimum Gasteiger partial charge on any atom is -0.508 e. The zero-order valence-electron chi connectivity index (χ0n) is 10.7. The van der Waals surface area contributed by atoms with Gasteiger partial charge in [0.1, 0.15) is 5.75 Å². The SMILES string of the molecule is CC(C)N(CCCN)C(=O)c1cc(O)ccc1Cl. The van der Waals surface area contributed by atoms with Crippen LogP contribution in [0.15, 0.2) is 18.2 Å². The Morgan fingerprint density at radius 3 is 2.72 bits per heavy atom. The van der Waals surface area contributed by atoms with Crippen LogP contribution < -0.4 is 5.73 Å². The van der Waals surface area contributed by atoms with E-state index in [2.05, 4.69) is 0 Å². The average molecular weight is 271 g/mol. The Kier molecular flexibility index (Phi) is 5.44. The first kappa shape index (κ1) is 14.8. The highest BCUT2D eigenvalue weighted by molar-refractivity contribution is 6.33. The quantitative estimate of drug-likeness (QED) is 0.862. The number of rotatable bonds is 5. The molecule has 4 nitrogen and oxygen atoms in total. The van der Waals surface area contributed by atoms with Crippen molar-refractivity contribution in [1.82, 2.24) is 4.90 Å². The van der Waals surface area contributed by atoms with E-state index < -0.39 is 0 Å². The molecule has 0 atom stereocenters. The third-order valence-electron chi connectivity index (χ3n) is 2.67. The fourth-order valence-corrected chi connectivity index (χ4v) is 1.89. The largest absolute Gasteiger partial charge is 0.508 e. The number of amides is 1. The molecule has 1 amide bonds. The molecule has 0 radical (unpaired) electrons. The maximum Gasteiger partial charge on any atom is 0.255 e. The van der Waals surface area contributed by atoms with Crippen LogP contribution in [-0.4, -0.2) is 35.0 Å². The van der Waals surface area contributed by atoms with Crippen molar-refractivity contribution in [3.63, 3.8) is 0 Å². The highest BCUT2D eigenvalue weighted by Crippen LogP contribution is 2.23. The van der Waals surface area contributed by atoms with Gasteiger partial charge in [0.15, 0.2) is 0 Å². The predicted octanol–water partition coefficient (Wildman–Crippen LogP) is 2.25. The highest BCUT2D eigenvalue weighted by Gasteiger charge is 2.20. The lowest BCUT2D eigenvalue weighted by Crippen LogP contribution is -2.38. The van der Waals surface area contributed by atoms with Crippen molar-refractivity contribution in [2.45, 2.75) is 26.3 Å². The highest BCUT2D eigenvalue weighted by atomic mass is 35.5. The van der Waals surface area contributed by atoms with Crippen LogP contribution in [-0.2, 0) is 0 Å². The van der Waals surface area contributed by atoms with Crippen LogP contribution in [0.3, 0.4) is 0 Å². The third-order valence-corrected chi connectivity index (χ3v) is 3.00. The van der Waals surface area contributed by atoms with Gasteiger partial charge in [-0.05, 0) is 45.0 Å². The van der Waals surface area contributed by atoms with Gasteiger partial charge in [-0.3, -0.25) is 4.79 Å². The van der Waals surface area contributed by atoms with Crippen LogP contribution in [0.4, 0.5) is 0 Å². The van der Waals surface area contributed by atoms with Crippen LogP contribution >= 0.6 is 11.6 Å². The van der Waals surface area contributed by atoms with Crippen molar-refractivity contribution in [1.29, 1.82) is 0 Å². The first-order chi connectivity index (χ1) is 8.47. The molecule has 0 bridgehead atoms. The van der Waals surface area contributed by atoms with E-state index in [9.17, 15) is 9.90 Å². The van der Waals surface area contributed by atoms with Crippen molar-refractivity contribution < 1.29 is 9.90 Å². The predicted molar refractivity (Wildman–Crippen MR) is 73.0 cm³/mol. The summed E-state index contributed by atoms with van der Waals surface area (Å²) in [5.74, 6) is -0.148. The number of hydrogen-bond acceptors (Lipinski definition) is 3. The molecule has 1 aromatic rings. The van der Waals surface area contributed by atoms with E-state index in [0.717, 1.165) is 6.42 Å². The topological polar surface area (TPSA) is 66.6 Å². The molecule has 0 unspecified atom stereocenters. The van der Waals surface area contributed by atoms with Crippen molar-refractivity contribution in [2.75, 3.05) is 13.1 Å². The van der Waals surface area contributed by atoms with E-state index in [1.54, 1.807) is 4.90 Å². The summed E-state index contributed by atoms with van der Waals surface area (Å²) in [6.45, 7) is 4.99. The molecular formula is C13H19ClN2O2. The molecule has 0 aliphatic heterocycles. The van der Waals surface area contributed by atoms with Crippen LogP contribution in [0.1, 0.15) is 30.6 Å². The number of halogens is 1. The molecule has 3 N–H and O–H groups in total. The van der Waals surface area contributed by atoms with E-state index >= 15 is 0 Å². The summed E-state index contributed by atoms with van der Waals surface area (Å²) in [5.41, 5.74) is 5.79. The molecule has 1 aromatic carbocycles. The Morgan fingerprint density at radius 1 is 1.50 bits per heavy atom. The molecule has 0 aliphatic carbocycles. The standard InChI is InChI=1S/C13H19ClN2O2/c1-9(2)16(7-3-6-15)13(18)11-8-10(17)4-5-12(11)14/h4-5,8-9,17H,3,6-7,15H2,1-2H3. The minimum absolute atomic E-state index is 0.0327. The maximum absolute atomic E-state index is 12.4. The van der Waals surface area contributed by atoms with Gasteiger partial charge in [-0.25, -0.2) is 0 Å². The summed E-state index contributed by atoms with van der Waals surface area (Å²) >= 11 is 5.99. The van der Waals surface area contributed by atoms with Crippen LogP contribution in [0.5, 0.6) is 5.75 Å². The fraction of sp³-hybridized carbons (Fsp3) is 0.462. The molecular weight excluding hydrogens is 252 g/mol. The van der Waals surface area contributed by atoms with Gasteiger partial charge in [0.2, 0.25) is 0 Å². The van der Waals surface area contributed by atoms with Crippen molar-refractivity contribution in [3.8, 4) is 5.75 Å². The van der Waals surface area contributed by atoms with Crippen LogP contribution in [0, 0.1) is 0 Å². The number of carbonyl (C=O) groups is 1. The van der Waals surface area contributed by atoms with E-state index in [4.69, 9.17) is 17.3 Å². The van der Waals surface area contributed by atoms with Gasteiger partial charge >= 0.3 is 0 Å². The van der Waals surface area contributed by atoms with Gasteiger partial charge in [0, 0.05) is 12.6 Å². The number of aromatic hydroxyl groups is 1. The molecule has 1 rings (SSSR count). The second kappa shape index (κ2) is 6.61. The molecule has 0 aromatic heterocycles. The van der Waals surface area contributed by atoms with Gasteiger partial charge in [-0.1, -0.05) is 11.6 Å². The lowest BCUT2D eigenvalue weighted by Gasteiger charge is -2.27. The molecule has 18 heavy (non-hydrogen) atoms. The molecule has 100 valence electrons. The normalized spacial score (nSPS) is 10.7. The van der Waals surface area contributed by atoms with Crippen molar-refractivity contribution >= 4 is 17.5 Å². The molecule has 0 saturated heterocycles. The summed E-state index contributed by atoms with van der Waals surface area (Å²) in [6, 6.07) is 4.43. The summed E-state index contributed by atoms with van der Waals surface area (Å²) in [4.78, 5) is 14.1. The molecule has 5 heteroatoms. The second-order valence-electron chi connectivity index (χ2n) is 4.40. The number of nitrogens with zero attached hydrogens (tertiary/aromatic N) is 1. The number of benzene rings is 1. The molecule has 0 aliphatic rings. The zero-order valence-corrected chi connectivity index (χ0v) is 11.4. The Labute approximate surface area is 112 Å². The number of phenolic OH excluding ortho intramolecular Hbond substituents is 1. The molecule has 0 heterocycles. The average Bonchev–Trinajstić information content (AvgIpc) is 2.32. The number of hydrogen-bond donors (Lipinski definition) is 2. The van der Waals surface area contributed by atoms with E-state index in [1.165, 1.54) is 18.2 Å². The molecule has 0 fully saturated rings. The van der Waals surface area contributed by atoms with Crippen LogP contribution in [0.2, 0.25) is 5.02 Å². The summed E-state index contributed by atoms with van der Waals surface area (Å²) < 4.78 is 0. The van der Waals surface area contributed by atoms with Gasteiger partial charge in [0.05, 0.1) is 10.6 Å². The van der Waals surface area contributed by atoms with Gasteiger partial charge in [0.25, 0.3) is 5.91 Å². The second-order valence-corrected chi connectivity index (χ2v) is 4.81. The summed E-state index contributed by atoms with van der Waals surface area (Å²) in [5, 5.41) is 9.78. The van der Waals surface area contributed by atoms with Gasteiger partial charge in [-0.15, -0.1) is 0 Å². The molecule has 0 spiro atoms. The Bertz CT molecular complexity index is 421. The first-order valence-corrected chi connectivity index (χ1v) is 6.34. The zero-order chi connectivity index (χ0) is 13.7. The Morgan fingerprint density at radius 2 is 2.17 bits per heavy atom. The number of phenols is 1. The number of nitrogens with two attached hydrogens (primary N) is 1. The van der Waals surface area contributed by atoms with E-state index in [1.807, 2.05) is 13.8 Å². The summed E-state index contributed by atoms with van der Waals surface area (Å²) in [7, 11) is 0. The minimum atomic E-state index is -0.181. The lowest BCUT2D eigenvalue weighted by molar-refractivity contribution is 0.0704. The van der Waals surface area contributed by atoms with Gasteiger partial charge < -0.3 is 15.7 Å². The Balaban J connectivity index is 2.98. The van der Waals surface area contributed by atoms with E-state index in [0.29, 0.717) is 23.7 Å². The lowest BCUT2D eigenvalue weighted by atomic mass is 10.1. The first-order valence-electron chi connectivity index (χ1n) is 5.97. The van der Waals surface area contributed by atoms with Crippen LogP contribution in [0.25, 0.3) is 0 Å². The fourth-order valence-electron chi connectivity index (χ4n) is 1.69.